The molecule has 0 saturated carbocycles. The van der Waals surface area contributed by atoms with Crippen molar-refractivity contribution in [2.45, 2.75) is 4.90 Å². The number of nitrogens with one attached hydrogen (secondary N) is 2. The van der Waals surface area contributed by atoms with Gasteiger partial charge in [-0.25, -0.2) is 8.42 Å². The number of aromatic amines is 1. The summed E-state index contributed by atoms with van der Waals surface area (Å²) in [5.74, 6) is -0.0697. The summed E-state index contributed by atoms with van der Waals surface area (Å²) in [6, 6.07) is 6.68. The highest BCUT2D eigenvalue weighted by atomic mass is 35.5. The molecule has 3 N–H and O–H groups in total. The fraction of sp³-hybridized carbons (Fsp3) is 0. The maximum atomic E-state index is 12.0. The van der Waals surface area contributed by atoms with Crippen molar-refractivity contribution in [2.24, 2.45) is 0 Å². The van der Waals surface area contributed by atoms with Crippen LogP contribution in [0.3, 0.4) is 0 Å². The first-order valence-corrected chi connectivity index (χ1v) is 6.95. The van der Waals surface area contributed by atoms with Gasteiger partial charge >= 0.3 is 0 Å². The fourth-order valence-corrected chi connectivity index (χ4v) is 2.66. The molecule has 0 aliphatic carbocycles. The molecule has 1 heterocycles. The maximum Gasteiger partial charge on any atom is 0.266 e. The number of phenols is 1. The summed E-state index contributed by atoms with van der Waals surface area (Å²) < 4.78 is 26.3. The van der Waals surface area contributed by atoms with Crippen LogP contribution in [0.4, 0.5) is 5.69 Å². The van der Waals surface area contributed by atoms with Gasteiger partial charge in [-0.2, -0.15) is 0 Å². The molecular weight excluding hydrogens is 292 g/mol. The Morgan fingerprint density at radius 2 is 2.00 bits per heavy atom. The second-order valence-electron chi connectivity index (χ2n) is 3.67. The van der Waals surface area contributed by atoms with Crippen molar-refractivity contribution in [1.29, 1.82) is 0 Å². The van der Waals surface area contributed by atoms with E-state index in [0.717, 1.165) is 12.3 Å². The molecule has 0 aliphatic rings. The lowest BCUT2D eigenvalue weighted by Gasteiger charge is -2.08. The van der Waals surface area contributed by atoms with Crippen LogP contribution in [0, 0.1) is 0 Å². The Balaban J connectivity index is 2.37. The highest BCUT2D eigenvalue weighted by Gasteiger charge is 2.16. The topological polar surface area (TPSA) is 99.3 Å². The standard InChI is InChI=1S/C11H9ClN2O4S/c12-10-5-9(6-13-11(10)16)19(17,18)14-7-2-1-3-8(15)4-7/h1-6,14-15H,(H,13,16). The minimum absolute atomic E-state index is 0.0697. The average Bonchev–Trinajstić information content (AvgIpc) is 2.32. The van der Waals surface area contributed by atoms with Crippen LogP contribution in [0.1, 0.15) is 0 Å². The Hall–Kier alpha value is -1.99. The van der Waals surface area contributed by atoms with Gasteiger partial charge in [0.05, 0.1) is 5.69 Å². The van der Waals surface area contributed by atoms with Crippen molar-refractivity contribution in [3.63, 3.8) is 0 Å². The maximum absolute atomic E-state index is 12.0. The van der Waals surface area contributed by atoms with Crippen LogP contribution in [0.5, 0.6) is 5.75 Å². The summed E-state index contributed by atoms with van der Waals surface area (Å²) in [6.07, 6.45) is 1.04. The van der Waals surface area contributed by atoms with Crippen molar-refractivity contribution in [2.75, 3.05) is 4.72 Å². The number of H-pyrrole nitrogens is 1. The lowest BCUT2D eigenvalue weighted by Crippen LogP contribution is -2.15. The minimum atomic E-state index is -3.89. The molecule has 0 saturated heterocycles. The van der Waals surface area contributed by atoms with Crippen molar-refractivity contribution in [3.05, 3.63) is 51.9 Å². The van der Waals surface area contributed by atoms with Crippen LogP contribution >= 0.6 is 11.6 Å². The number of hydrogen-bond donors (Lipinski definition) is 3. The van der Waals surface area contributed by atoms with E-state index in [1.807, 2.05) is 0 Å². The summed E-state index contributed by atoms with van der Waals surface area (Å²) in [4.78, 5) is 13.1. The molecule has 6 nitrogen and oxygen atoms in total. The third kappa shape index (κ3) is 3.07. The highest BCUT2D eigenvalue weighted by Crippen LogP contribution is 2.20. The summed E-state index contributed by atoms with van der Waals surface area (Å²) in [5.41, 5.74) is -0.375. The van der Waals surface area contributed by atoms with Crippen molar-refractivity contribution >= 4 is 27.3 Å². The van der Waals surface area contributed by atoms with Gasteiger partial charge in [0.15, 0.2) is 0 Å². The third-order valence-electron chi connectivity index (χ3n) is 2.24. The van der Waals surface area contributed by atoms with E-state index in [0.29, 0.717) is 0 Å². The molecule has 0 spiro atoms. The molecule has 0 aliphatic heterocycles. The van der Waals surface area contributed by atoms with Crippen LogP contribution in [-0.2, 0) is 10.0 Å². The Morgan fingerprint density at radius 1 is 1.26 bits per heavy atom. The summed E-state index contributed by atoms with van der Waals surface area (Å²) >= 11 is 5.57. The Bertz CT molecular complexity index is 770. The van der Waals surface area contributed by atoms with Crippen molar-refractivity contribution in [3.8, 4) is 5.75 Å². The molecule has 2 aromatic rings. The van der Waals surface area contributed by atoms with E-state index < -0.39 is 15.6 Å². The van der Waals surface area contributed by atoms with E-state index in [1.165, 1.54) is 24.3 Å². The van der Waals surface area contributed by atoms with Gasteiger partial charge in [-0.05, 0) is 18.2 Å². The predicted molar refractivity (Wildman–Crippen MR) is 71.0 cm³/mol. The second-order valence-corrected chi connectivity index (χ2v) is 5.76. The quantitative estimate of drug-likeness (QED) is 0.800. The number of phenolic OH excluding ortho intramolecular Hbond substituents is 1. The van der Waals surface area contributed by atoms with E-state index >= 15 is 0 Å². The zero-order valence-corrected chi connectivity index (χ0v) is 11.0. The van der Waals surface area contributed by atoms with E-state index in [-0.39, 0.29) is 21.4 Å². The molecule has 0 atom stereocenters. The summed E-state index contributed by atoms with van der Waals surface area (Å²) in [6.45, 7) is 0. The van der Waals surface area contributed by atoms with Crippen molar-refractivity contribution < 1.29 is 13.5 Å². The van der Waals surface area contributed by atoms with Crippen LogP contribution in [0.2, 0.25) is 5.02 Å². The molecule has 19 heavy (non-hydrogen) atoms. The molecule has 2 rings (SSSR count). The van der Waals surface area contributed by atoms with Gasteiger partial charge in [-0.15, -0.1) is 0 Å². The first-order valence-electron chi connectivity index (χ1n) is 5.08. The molecule has 100 valence electrons. The van der Waals surface area contributed by atoms with Crippen molar-refractivity contribution in [1.82, 2.24) is 4.98 Å². The predicted octanol–water partition coefficient (Wildman–Crippen LogP) is 1.53. The van der Waals surface area contributed by atoms with Crippen LogP contribution in [0.15, 0.2) is 46.2 Å². The Morgan fingerprint density at radius 3 is 2.63 bits per heavy atom. The zero-order valence-electron chi connectivity index (χ0n) is 9.42. The molecule has 0 bridgehead atoms. The molecule has 0 radical (unpaired) electrons. The molecule has 0 unspecified atom stereocenters. The SMILES string of the molecule is O=c1[nH]cc(S(=O)(=O)Nc2cccc(O)c2)cc1Cl. The van der Waals surface area contributed by atoms with Gasteiger partial charge in [0.2, 0.25) is 0 Å². The third-order valence-corrected chi connectivity index (χ3v) is 3.88. The lowest BCUT2D eigenvalue weighted by molar-refractivity contribution is 0.475. The lowest BCUT2D eigenvalue weighted by atomic mass is 10.3. The normalized spacial score (nSPS) is 11.2. The Labute approximate surface area is 113 Å². The number of sulfonamides is 1. The Kier molecular flexibility index (Phi) is 3.50. The van der Waals surface area contributed by atoms with Gasteiger partial charge in [0.1, 0.15) is 15.7 Å². The average molecular weight is 301 g/mol. The number of hydrogen-bond acceptors (Lipinski definition) is 4. The van der Waals surface area contributed by atoms with E-state index in [2.05, 4.69) is 9.71 Å². The van der Waals surface area contributed by atoms with E-state index in [4.69, 9.17) is 11.6 Å². The minimum Gasteiger partial charge on any atom is -0.508 e. The summed E-state index contributed by atoms with van der Waals surface area (Å²) in [7, 11) is -3.89. The molecule has 1 aromatic heterocycles. The number of aromatic nitrogens is 1. The molecule has 0 fully saturated rings. The van der Waals surface area contributed by atoms with E-state index in [9.17, 15) is 18.3 Å². The number of rotatable bonds is 3. The molecular formula is C11H9ClN2O4S. The van der Waals surface area contributed by atoms with Crippen LogP contribution in [-0.4, -0.2) is 18.5 Å². The number of aromatic hydroxyl groups is 1. The smallest absolute Gasteiger partial charge is 0.266 e. The number of halogens is 1. The molecule has 1 aromatic carbocycles. The fourth-order valence-electron chi connectivity index (χ4n) is 1.38. The molecule has 8 heteroatoms. The number of anilines is 1. The van der Waals surface area contributed by atoms with Gasteiger partial charge < -0.3 is 10.1 Å². The van der Waals surface area contributed by atoms with Crippen LogP contribution < -0.4 is 10.3 Å². The zero-order chi connectivity index (χ0) is 14.0. The monoisotopic (exact) mass is 300 g/mol. The van der Waals surface area contributed by atoms with Gasteiger partial charge in [0, 0.05) is 12.3 Å². The first-order chi connectivity index (χ1) is 8.88. The molecule has 0 amide bonds. The largest absolute Gasteiger partial charge is 0.508 e. The second kappa shape index (κ2) is 4.94. The summed E-state index contributed by atoms with van der Waals surface area (Å²) in [5, 5.41) is 9.03. The van der Waals surface area contributed by atoms with E-state index in [1.54, 1.807) is 0 Å². The van der Waals surface area contributed by atoms with Gasteiger partial charge in [-0.1, -0.05) is 17.7 Å². The highest BCUT2D eigenvalue weighted by molar-refractivity contribution is 7.92. The van der Waals surface area contributed by atoms with Gasteiger partial charge in [0.25, 0.3) is 15.6 Å². The first kappa shape index (κ1) is 13.4. The number of benzene rings is 1. The van der Waals surface area contributed by atoms with Gasteiger partial charge in [-0.3, -0.25) is 9.52 Å². The number of pyridine rings is 1. The van der Waals surface area contributed by atoms with Crippen LogP contribution in [0.25, 0.3) is 0 Å².